The van der Waals surface area contributed by atoms with Crippen LogP contribution in [0.5, 0.6) is 0 Å². The smallest absolute Gasteiger partial charge is 0.157 e. The highest BCUT2D eigenvalue weighted by Crippen LogP contribution is 2.11. The third-order valence-electron chi connectivity index (χ3n) is 1.59. The Balaban J connectivity index is 2.80. The van der Waals surface area contributed by atoms with Gasteiger partial charge in [-0.2, -0.15) is 5.10 Å². The molecule has 0 atom stereocenters. The lowest BCUT2D eigenvalue weighted by molar-refractivity contribution is 0.895. The van der Waals surface area contributed by atoms with Crippen molar-refractivity contribution in [1.82, 2.24) is 14.6 Å². The molecule has 0 radical (unpaired) electrons. The number of hydrogen-bond donors (Lipinski definition) is 1. The zero-order chi connectivity index (χ0) is 8.55. The van der Waals surface area contributed by atoms with Crippen LogP contribution in [0.15, 0.2) is 18.3 Å². The maximum Gasteiger partial charge on any atom is 0.157 e. The molecule has 0 unspecified atom stereocenters. The lowest BCUT2D eigenvalue weighted by Gasteiger charge is -2.01. The lowest BCUT2D eigenvalue weighted by atomic mass is 10.4. The minimum atomic E-state index is 0.551. The molecule has 0 aliphatic heterocycles. The second kappa shape index (κ2) is 2.89. The maximum atomic E-state index is 5.60. The third-order valence-corrected chi connectivity index (χ3v) is 2.37. The molecule has 0 saturated carbocycles. The van der Waals surface area contributed by atoms with Crippen LogP contribution in [-0.2, 0) is 4.43 Å². The van der Waals surface area contributed by atoms with E-state index in [0.717, 1.165) is 15.8 Å². The van der Waals surface area contributed by atoms with Gasteiger partial charge in [0.1, 0.15) is 5.82 Å². The molecule has 0 spiro atoms. The van der Waals surface area contributed by atoms with Crippen LogP contribution in [0.25, 0.3) is 5.65 Å². The SMILES string of the molecule is Nc1cc(CI)n2nccc2n1. The number of hydrogen-bond acceptors (Lipinski definition) is 3. The molecule has 2 rings (SSSR count). The van der Waals surface area contributed by atoms with Gasteiger partial charge >= 0.3 is 0 Å². The van der Waals surface area contributed by atoms with Crippen LogP contribution in [0.2, 0.25) is 0 Å². The van der Waals surface area contributed by atoms with Crippen molar-refractivity contribution in [3.05, 3.63) is 24.0 Å². The van der Waals surface area contributed by atoms with Crippen LogP contribution in [0.3, 0.4) is 0 Å². The molecule has 2 aromatic heterocycles. The van der Waals surface area contributed by atoms with Crippen molar-refractivity contribution < 1.29 is 0 Å². The standard InChI is InChI=1S/C7H7IN4/c8-4-5-3-6(9)11-7-1-2-10-12(5)7/h1-3H,4H2,(H2,9,11). The quantitative estimate of drug-likeness (QED) is 0.629. The van der Waals surface area contributed by atoms with Gasteiger partial charge < -0.3 is 5.73 Å². The van der Waals surface area contributed by atoms with Gasteiger partial charge in [0, 0.05) is 16.6 Å². The van der Waals surface area contributed by atoms with Crippen molar-refractivity contribution in [1.29, 1.82) is 0 Å². The number of aromatic nitrogens is 3. The Kier molecular flexibility index (Phi) is 1.87. The number of rotatable bonds is 1. The number of nitrogens with two attached hydrogens (primary N) is 1. The fourth-order valence-electron chi connectivity index (χ4n) is 1.09. The summed E-state index contributed by atoms with van der Waals surface area (Å²) in [6.45, 7) is 0. The molecule has 0 aliphatic carbocycles. The first-order chi connectivity index (χ1) is 5.81. The Morgan fingerprint density at radius 2 is 2.42 bits per heavy atom. The highest BCUT2D eigenvalue weighted by Gasteiger charge is 2.01. The largest absolute Gasteiger partial charge is 0.384 e. The van der Waals surface area contributed by atoms with Crippen LogP contribution in [0, 0.1) is 0 Å². The molecule has 2 aromatic rings. The first kappa shape index (κ1) is 7.78. The zero-order valence-corrected chi connectivity index (χ0v) is 8.39. The average Bonchev–Trinajstić information content (AvgIpc) is 2.50. The molecule has 2 N–H and O–H groups in total. The summed E-state index contributed by atoms with van der Waals surface area (Å²) in [6.07, 6.45) is 1.72. The lowest BCUT2D eigenvalue weighted by Crippen LogP contribution is -2.01. The van der Waals surface area contributed by atoms with Crippen LogP contribution in [0.4, 0.5) is 5.82 Å². The van der Waals surface area contributed by atoms with E-state index in [1.807, 2.05) is 12.1 Å². The summed E-state index contributed by atoms with van der Waals surface area (Å²) in [5.41, 5.74) is 7.48. The van der Waals surface area contributed by atoms with Gasteiger partial charge in [-0.25, -0.2) is 9.50 Å². The summed E-state index contributed by atoms with van der Waals surface area (Å²) >= 11 is 2.27. The highest BCUT2D eigenvalue weighted by molar-refractivity contribution is 14.1. The van der Waals surface area contributed by atoms with E-state index in [2.05, 4.69) is 32.7 Å². The third kappa shape index (κ3) is 1.13. The van der Waals surface area contributed by atoms with Gasteiger partial charge in [-0.1, -0.05) is 22.6 Å². The van der Waals surface area contributed by atoms with Gasteiger partial charge in [0.2, 0.25) is 0 Å². The normalized spacial score (nSPS) is 10.8. The second-order valence-corrected chi connectivity index (χ2v) is 3.17. The van der Waals surface area contributed by atoms with Crippen molar-refractivity contribution in [2.45, 2.75) is 4.43 Å². The number of alkyl halides is 1. The fourth-order valence-corrected chi connectivity index (χ4v) is 1.64. The van der Waals surface area contributed by atoms with E-state index < -0.39 is 0 Å². The van der Waals surface area contributed by atoms with Gasteiger partial charge in [-0.05, 0) is 0 Å². The molecule has 4 nitrogen and oxygen atoms in total. The molecule has 2 heterocycles. The molecule has 0 bridgehead atoms. The molecule has 0 fully saturated rings. The fraction of sp³-hybridized carbons (Fsp3) is 0.143. The van der Waals surface area contributed by atoms with Crippen LogP contribution in [-0.4, -0.2) is 14.6 Å². The van der Waals surface area contributed by atoms with Gasteiger partial charge in [0.05, 0.1) is 11.9 Å². The maximum absolute atomic E-state index is 5.60. The van der Waals surface area contributed by atoms with Gasteiger partial charge in [0.15, 0.2) is 5.65 Å². The number of nitrogen functional groups attached to an aromatic ring is 1. The van der Waals surface area contributed by atoms with E-state index in [4.69, 9.17) is 5.73 Å². The van der Waals surface area contributed by atoms with E-state index >= 15 is 0 Å². The van der Waals surface area contributed by atoms with Crippen molar-refractivity contribution in [3.63, 3.8) is 0 Å². The van der Waals surface area contributed by atoms with E-state index in [9.17, 15) is 0 Å². The summed E-state index contributed by atoms with van der Waals surface area (Å²) in [7, 11) is 0. The number of anilines is 1. The van der Waals surface area contributed by atoms with Crippen molar-refractivity contribution in [2.24, 2.45) is 0 Å². The molecule has 5 heteroatoms. The molecule has 0 aromatic carbocycles. The molecular formula is C7H7IN4. The van der Waals surface area contributed by atoms with Crippen molar-refractivity contribution in [2.75, 3.05) is 5.73 Å². The van der Waals surface area contributed by atoms with E-state index in [0.29, 0.717) is 5.82 Å². The Hall–Kier alpha value is -0.850. The Morgan fingerprint density at radius 3 is 3.17 bits per heavy atom. The molecule has 0 aliphatic rings. The van der Waals surface area contributed by atoms with Gasteiger partial charge in [0.25, 0.3) is 0 Å². The van der Waals surface area contributed by atoms with Gasteiger partial charge in [-0.3, -0.25) is 0 Å². The van der Waals surface area contributed by atoms with Crippen molar-refractivity contribution >= 4 is 34.1 Å². The first-order valence-electron chi connectivity index (χ1n) is 3.46. The number of nitrogens with zero attached hydrogens (tertiary/aromatic N) is 3. The molecule has 0 saturated heterocycles. The molecule has 62 valence electrons. The highest BCUT2D eigenvalue weighted by atomic mass is 127. The first-order valence-corrected chi connectivity index (χ1v) is 4.99. The Bertz CT molecular complexity index is 409. The Morgan fingerprint density at radius 1 is 1.58 bits per heavy atom. The Labute approximate surface area is 82.9 Å². The van der Waals surface area contributed by atoms with E-state index in [1.54, 1.807) is 10.7 Å². The summed E-state index contributed by atoms with van der Waals surface area (Å²) in [4.78, 5) is 4.12. The average molecular weight is 274 g/mol. The zero-order valence-electron chi connectivity index (χ0n) is 6.24. The molecular weight excluding hydrogens is 267 g/mol. The summed E-state index contributed by atoms with van der Waals surface area (Å²) < 4.78 is 2.67. The summed E-state index contributed by atoms with van der Waals surface area (Å²) in [6, 6.07) is 3.68. The topological polar surface area (TPSA) is 56.2 Å². The summed E-state index contributed by atoms with van der Waals surface area (Å²) in [5, 5.41) is 4.12. The predicted molar refractivity (Wildman–Crippen MR) is 55.1 cm³/mol. The van der Waals surface area contributed by atoms with Crippen LogP contribution < -0.4 is 5.73 Å². The molecule has 0 amide bonds. The number of fused-ring (bicyclic) bond motifs is 1. The van der Waals surface area contributed by atoms with Gasteiger partial charge in [-0.15, -0.1) is 0 Å². The monoisotopic (exact) mass is 274 g/mol. The minimum absolute atomic E-state index is 0.551. The number of halogens is 1. The summed E-state index contributed by atoms with van der Waals surface area (Å²) in [5.74, 6) is 0.551. The van der Waals surface area contributed by atoms with Crippen LogP contribution in [0.1, 0.15) is 5.69 Å². The van der Waals surface area contributed by atoms with Crippen molar-refractivity contribution in [3.8, 4) is 0 Å². The van der Waals surface area contributed by atoms with E-state index in [1.165, 1.54) is 0 Å². The van der Waals surface area contributed by atoms with Crippen LogP contribution >= 0.6 is 22.6 Å². The minimum Gasteiger partial charge on any atom is -0.384 e. The van der Waals surface area contributed by atoms with E-state index in [-0.39, 0.29) is 0 Å². The molecule has 12 heavy (non-hydrogen) atoms. The second-order valence-electron chi connectivity index (χ2n) is 2.41. The predicted octanol–water partition coefficient (Wildman–Crippen LogP) is 1.25.